The molecular formula is C13H17NO2. The number of benzene rings is 1. The molecule has 1 heterocycles. The molecule has 16 heavy (non-hydrogen) atoms. The van der Waals surface area contributed by atoms with Gasteiger partial charge in [-0.2, -0.15) is 0 Å². The van der Waals surface area contributed by atoms with Gasteiger partial charge < -0.3 is 10.0 Å². The van der Waals surface area contributed by atoms with E-state index in [1.165, 1.54) is 0 Å². The van der Waals surface area contributed by atoms with Crippen LogP contribution in [0.1, 0.15) is 31.7 Å². The van der Waals surface area contributed by atoms with Crippen LogP contribution >= 0.6 is 0 Å². The zero-order valence-corrected chi connectivity index (χ0v) is 9.68. The van der Waals surface area contributed by atoms with Crippen LogP contribution in [0.2, 0.25) is 0 Å². The first-order chi connectivity index (χ1) is 7.61. The zero-order valence-electron chi connectivity index (χ0n) is 9.68. The van der Waals surface area contributed by atoms with Gasteiger partial charge in [-0.25, -0.2) is 0 Å². The fourth-order valence-corrected chi connectivity index (χ4v) is 2.13. The van der Waals surface area contributed by atoms with Crippen molar-refractivity contribution < 1.29 is 9.90 Å². The minimum Gasteiger partial charge on any atom is -0.383 e. The molecular weight excluding hydrogens is 202 g/mol. The van der Waals surface area contributed by atoms with Gasteiger partial charge >= 0.3 is 0 Å². The van der Waals surface area contributed by atoms with Crippen LogP contribution < -0.4 is 4.90 Å². The highest BCUT2D eigenvalue weighted by Crippen LogP contribution is 2.30. The van der Waals surface area contributed by atoms with Gasteiger partial charge in [0.25, 0.3) is 5.91 Å². The first kappa shape index (κ1) is 11.1. The molecule has 86 valence electrons. The maximum atomic E-state index is 11.8. The molecule has 1 aromatic rings. The van der Waals surface area contributed by atoms with Gasteiger partial charge in [-0.1, -0.05) is 32.0 Å². The highest BCUT2D eigenvalue weighted by atomic mass is 16.3. The highest BCUT2D eigenvalue weighted by molar-refractivity contribution is 5.99. The van der Waals surface area contributed by atoms with Gasteiger partial charge in [-0.05, 0) is 17.5 Å². The van der Waals surface area contributed by atoms with Gasteiger partial charge in [0, 0.05) is 18.7 Å². The number of nitrogens with zero attached hydrogens (tertiary/aromatic N) is 1. The van der Waals surface area contributed by atoms with Gasteiger partial charge in [0.15, 0.2) is 0 Å². The Morgan fingerprint density at radius 2 is 2.06 bits per heavy atom. The number of carbonyl (C=O) groups excluding carboxylic acids is 1. The lowest BCUT2D eigenvalue weighted by Gasteiger charge is -2.21. The minimum atomic E-state index is -0.819. The molecule has 1 atom stereocenters. The lowest BCUT2D eigenvalue weighted by molar-refractivity contribution is -0.124. The summed E-state index contributed by atoms with van der Waals surface area (Å²) < 4.78 is 0. The van der Waals surface area contributed by atoms with Gasteiger partial charge in [-0.15, -0.1) is 0 Å². The molecule has 1 N–H and O–H groups in total. The number of anilines is 1. The van der Waals surface area contributed by atoms with Crippen LogP contribution in [0.3, 0.4) is 0 Å². The molecule has 3 heteroatoms. The van der Waals surface area contributed by atoms with Crippen molar-refractivity contribution in [3.8, 4) is 0 Å². The molecule has 1 aliphatic heterocycles. The summed E-state index contributed by atoms with van der Waals surface area (Å²) in [7, 11) is 0. The van der Waals surface area contributed by atoms with E-state index in [1.54, 1.807) is 4.90 Å². The van der Waals surface area contributed by atoms with E-state index < -0.39 is 6.10 Å². The second-order valence-corrected chi connectivity index (χ2v) is 4.51. The van der Waals surface area contributed by atoms with Gasteiger partial charge in [0.05, 0.1) is 0 Å². The third kappa shape index (κ3) is 1.83. The summed E-state index contributed by atoms with van der Waals surface area (Å²) in [6, 6.07) is 7.90. The monoisotopic (exact) mass is 219 g/mol. The number of aliphatic hydroxyl groups excluding tert-OH is 1. The Hall–Kier alpha value is -1.35. The Kier molecular flexibility index (Phi) is 2.97. The highest BCUT2D eigenvalue weighted by Gasteiger charge is 2.31. The summed E-state index contributed by atoms with van der Waals surface area (Å²) >= 11 is 0. The number of carbonyl (C=O) groups is 1. The van der Waals surface area contributed by atoms with Crippen LogP contribution in [0.4, 0.5) is 5.69 Å². The quantitative estimate of drug-likeness (QED) is 0.825. The van der Waals surface area contributed by atoms with Crippen molar-refractivity contribution in [2.45, 2.75) is 32.3 Å². The van der Waals surface area contributed by atoms with Crippen molar-refractivity contribution in [1.82, 2.24) is 0 Å². The van der Waals surface area contributed by atoms with Crippen LogP contribution in [0, 0.1) is 0 Å². The number of aliphatic hydroxyl groups is 1. The Morgan fingerprint density at radius 3 is 2.62 bits per heavy atom. The average Bonchev–Trinajstić information content (AvgIpc) is 2.60. The number of rotatable bonds is 2. The second-order valence-electron chi connectivity index (χ2n) is 4.51. The summed E-state index contributed by atoms with van der Waals surface area (Å²) in [5, 5.41) is 9.47. The van der Waals surface area contributed by atoms with Crippen molar-refractivity contribution in [2.24, 2.45) is 0 Å². The molecule has 0 aromatic heterocycles. The molecule has 2 rings (SSSR count). The zero-order chi connectivity index (χ0) is 11.7. The fraction of sp³-hybridized carbons (Fsp3) is 0.462. The largest absolute Gasteiger partial charge is 0.383 e. The first-order valence-electron chi connectivity index (χ1n) is 5.69. The molecule has 3 nitrogen and oxygen atoms in total. The first-order valence-corrected chi connectivity index (χ1v) is 5.69. The summed E-state index contributed by atoms with van der Waals surface area (Å²) in [6.07, 6.45) is -0.286. The summed E-state index contributed by atoms with van der Waals surface area (Å²) in [5.41, 5.74) is 2.10. The van der Waals surface area contributed by atoms with Crippen LogP contribution in [-0.4, -0.2) is 23.7 Å². The molecule has 1 unspecified atom stereocenters. The maximum absolute atomic E-state index is 11.8. The Morgan fingerprint density at radius 1 is 1.38 bits per heavy atom. The van der Waals surface area contributed by atoms with E-state index in [1.807, 2.05) is 24.3 Å². The molecule has 1 aliphatic rings. The molecule has 0 spiro atoms. The van der Waals surface area contributed by atoms with Crippen LogP contribution in [-0.2, 0) is 4.79 Å². The fourth-order valence-electron chi connectivity index (χ4n) is 2.13. The predicted molar refractivity (Wildman–Crippen MR) is 63.5 cm³/mol. The third-order valence-electron chi connectivity index (χ3n) is 3.03. The van der Waals surface area contributed by atoms with Crippen molar-refractivity contribution in [3.05, 3.63) is 29.8 Å². The van der Waals surface area contributed by atoms with Crippen molar-refractivity contribution >= 4 is 11.6 Å². The lowest BCUT2D eigenvalue weighted by Crippen LogP contribution is -2.30. The molecule has 1 aromatic carbocycles. The third-order valence-corrected chi connectivity index (χ3v) is 3.03. The van der Waals surface area contributed by atoms with Crippen molar-refractivity contribution in [3.63, 3.8) is 0 Å². The number of para-hydroxylation sites is 1. The smallest absolute Gasteiger partial charge is 0.255 e. The Bertz CT molecular complexity index is 401. The van der Waals surface area contributed by atoms with E-state index in [0.717, 1.165) is 11.3 Å². The number of amides is 1. The Labute approximate surface area is 95.7 Å². The van der Waals surface area contributed by atoms with E-state index in [-0.39, 0.29) is 5.91 Å². The van der Waals surface area contributed by atoms with Crippen LogP contribution in [0.25, 0.3) is 0 Å². The molecule has 0 saturated carbocycles. The number of hydrogen-bond acceptors (Lipinski definition) is 2. The van der Waals surface area contributed by atoms with E-state index >= 15 is 0 Å². The topological polar surface area (TPSA) is 40.5 Å². The van der Waals surface area contributed by atoms with Crippen molar-refractivity contribution in [2.75, 3.05) is 11.4 Å². The maximum Gasteiger partial charge on any atom is 0.255 e. The predicted octanol–water partition coefficient (Wildman–Crippen LogP) is 1.91. The summed E-state index contributed by atoms with van der Waals surface area (Å²) in [6.45, 7) is 4.83. The molecule has 1 amide bonds. The molecule has 0 radical (unpaired) electrons. The summed E-state index contributed by atoms with van der Waals surface area (Å²) in [4.78, 5) is 13.5. The summed E-state index contributed by atoms with van der Waals surface area (Å²) in [5.74, 6) is 0.204. The van der Waals surface area contributed by atoms with E-state index in [0.29, 0.717) is 18.9 Å². The van der Waals surface area contributed by atoms with Crippen LogP contribution in [0.15, 0.2) is 24.3 Å². The number of hydrogen-bond donors (Lipinski definition) is 1. The van der Waals surface area contributed by atoms with Gasteiger partial charge in [0.2, 0.25) is 0 Å². The molecule has 1 fully saturated rings. The lowest BCUT2D eigenvalue weighted by atomic mass is 10.0. The van der Waals surface area contributed by atoms with Crippen molar-refractivity contribution in [1.29, 1.82) is 0 Å². The van der Waals surface area contributed by atoms with Crippen LogP contribution in [0.5, 0.6) is 0 Å². The SMILES string of the molecule is CC(C)c1ccccc1N1CCC(O)C1=O. The average molecular weight is 219 g/mol. The Balaban J connectivity index is 2.37. The standard InChI is InChI=1S/C13H17NO2/c1-9(2)10-5-3-4-6-11(10)14-8-7-12(15)13(14)16/h3-6,9,12,15H,7-8H2,1-2H3. The van der Waals surface area contributed by atoms with E-state index in [4.69, 9.17) is 0 Å². The van der Waals surface area contributed by atoms with Gasteiger partial charge in [-0.3, -0.25) is 4.79 Å². The van der Waals surface area contributed by atoms with E-state index in [9.17, 15) is 9.90 Å². The molecule has 0 aliphatic carbocycles. The van der Waals surface area contributed by atoms with Gasteiger partial charge in [0.1, 0.15) is 6.10 Å². The second kappa shape index (κ2) is 4.26. The molecule has 1 saturated heterocycles. The molecule has 0 bridgehead atoms. The normalized spacial score (nSPS) is 20.9. The van der Waals surface area contributed by atoms with E-state index in [2.05, 4.69) is 13.8 Å². The minimum absolute atomic E-state index is 0.173.